The Labute approximate surface area is 149 Å². The second-order valence-electron chi connectivity index (χ2n) is 5.74. The van der Waals surface area contributed by atoms with Crippen molar-refractivity contribution >= 4 is 12.1 Å². The van der Waals surface area contributed by atoms with Gasteiger partial charge in [-0.25, -0.2) is 9.59 Å². The van der Waals surface area contributed by atoms with Crippen LogP contribution in [-0.2, 0) is 25.6 Å². The molecular formula is C19H29NO5. The summed E-state index contributed by atoms with van der Waals surface area (Å²) in [5, 5.41) is 2.57. The lowest BCUT2D eigenvalue weighted by Crippen LogP contribution is -2.42. The summed E-state index contributed by atoms with van der Waals surface area (Å²) in [6.07, 6.45) is 2.24. The zero-order valence-electron chi connectivity index (χ0n) is 15.3. The van der Waals surface area contributed by atoms with Gasteiger partial charge in [-0.05, 0) is 31.7 Å². The fourth-order valence-corrected chi connectivity index (χ4v) is 2.15. The Morgan fingerprint density at radius 2 is 1.80 bits per heavy atom. The van der Waals surface area contributed by atoms with E-state index in [0.29, 0.717) is 12.3 Å². The zero-order chi connectivity index (χ0) is 18.5. The quantitative estimate of drug-likeness (QED) is 0.728. The van der Waals surface area contributed by atoms with Crippen molar-refractivity contribution in [2.45, 2.75) is 45.8 Å². The zero-order valence-corrected chi connectivity index (χ0v) is 15.3. The molecule has 6 heteroatoms. The largest absolute Gasteiger partial charge is 0.467 e. The molecule has 1 amide bonds. The molecule has 0 aromatic heterocycles. The summed E-state index contributed by atoms with van der Waals surface area (Å²) in [6.45, 7) is 5.85. The van der Waals surface area contributed by atoms with Crippen LogP contribution in [0, 0.1) is 5.92 Å². The van der Waals surface area contributed by atoms with E-state index in [1.165, 1.54) is 7.11 Å². The first kappa shape index (κ1) is 21.0. The number of carbonyl (C=O) groups excluding carboxylic acids is 2. The number of amides is 1. The number of alkyl carbamates (subject to hydrolysis) is 1. The van der Waals surface area contributed by atoms with Crippen molar-refractivity contribution in [3.05, 3.63) is 35.9 Å². The molecule has 1 fully saturated rings. The second-order valence-corrected chi connectivity index (χ2v) is 5.74. The normalized spacial score (nSPS) is 13.9. The summed E-state index contributed by atoms with van der Waals surface area (Å²) >= 11 is 0. The van der Waals surface area contributed by atoms with E-state index in [1.807, 2.05) is 44.2 Å². The molecule has 140 valence electrons. The fourth-order valence-electron chi connectivity index (χ4n) is 2.15. The van der Waals surface area contributed by atoms with Crippen molar-refractivity contribution in [2.24, 2.45) is 5.92 Å². The number of rotatable bonds is 8. The van der Waals surface area contributed by atoms with Gasteiger partial charge in [0.1, 0.15) is 12.6 Å². The first-order valence-corrected chi connectivity index (χ1v) is 8.73. The van der Waals surface area contributed by atoms with Crippen molar-refractivity contribution in [3.8, 4) is 0 Å². The fraction of sp³-hybridized carbons (Fsp3) is 0.579. The number of nitrogens with one attached hydrogen (secondary N) is 1. The summed E-state index contributed by atoms with van der Waals surface area (Å²) in [4.78, 5) is 23.3. The maximum absolute atomic E-state index is 11.7. The average Bonchev–Trinajstić information content (AvgIpc) is 3.45. The highest BCUT2D eigenvalue weighted by molar-refractivity contribution is 5.81. The Morgan fingerprint density at radius 1 is 1.16 bits per heavy atom. The SMILES string of the molecule is CCOCC.COC(=O)C(CC1CC1)NC(=O)OCc1ccccc1. The van der Waals surface area contributed by atoms with Crippen molar-refractivity contribution in [2.75, 3.05) is 20.3 Å². The van der Waals surface area contributed by atoms with Gasteiger partial charge in [-0.2, -0.15) is 0 Å². The molecule has 0 spiro atoms. The maximum Gasteiger partial charge on any atom is 0.408 e. The third-order valence-corrected chi connectivity index (χ3v) is 3.66. The topological polar surface area (TPSA) is 73.9 Å². The first-order valence-electron chi connectivity index (χ1n) is 8.73. The molecule has 0 heterocycles. The molecular weight excluding hydrogens is 322 g/mol. The van der Waals surface area contributed by atoms with E-state index in [9.17, 15) is 9.59 Å². The average molecular weight is 351 g/mol. The summed E-state index contributed by atoms with van der Waals surface area (Å²) in [5.74, 6) is 0.0853. The van der Waals surface area contributed by atoms with Crippen molar-refractivity contribution in [1.82, 2.24) is 5.32 Å². The lowest BCUT2D eigenvalue weighted by Gasteiger charge is -2.16. The Hall–Kier alpha value is -2.08. The molecule has 1 aliphatic rings. The van der Waals surface area contributed by atoms with Gasteiger partial charge in [0.25, 0.3) is 0 Å². The molecule has 0 bridgehead atoms. The van der Waals surface area contributed by atoms with Gasteiger partial charge in [0.05, 0.1) is 7.11 Å². The first-order chi connectivity index (χ1) is 12.1. The van der Waals surface area contributed by atoms with Gasteiger partial charge in [-0.3, -0.25) is 0 Å². The molecule has 1 aromatic carbocycles. The Balaban J connectivity index is 0.000000550. The molecule has 2 rings (SSSR count). The molecule has 1 N–H and O–H groups in total. The van der Waals surface area contributed by atoms with Gasteiger partial charge in [0.2, 0.25) is 0 Å². The van der Waals surface area contributed by atoms with Crippen LogP contribution >= 0.6 is 0 Å². The van der Waals surface area contributed by atoms with E-state index in [4.69, 9.17) is 14.2 Å². The van der Waals surface area contributed by atoms with Crippen LogP contribution in [0.15, 0.2) is 30.3 Å². The minimum Gasteiger partial charge on any atom is -0.467 e. The molecule has 0 aliphatic heterocycles. The number of carbonyl (C=O) groups is 2. The number of hydrogen-bond donors (Lipinski definition) is 1. The lowest BCUT2D eigenvalue weighted by molar-refractivity contribution is -0.143. The van der Waals surface area contributed by atoms with Gasteiger partial charge in [-0.15, -0.1) is 0 Å². The molecule has 25 heavy (non-hydrogen) atoms. The molecule has 0 saturated heterocycles. The van der Waals surface area contributed by atoms with Crippen LogP contribution in [0.4, 0.5) is 4.79 Å². The Bertz CT molecular complexity index is 500. The van der Waals surface area contributed by atoms with Gasteiger partial charge in [0, 0.05) is 13.2 Å². The Morgan fingerprint density at radius 3 is 2.28 bits per heavy atom. The van der Waals surface area contributed by atoms with E-state index in [0.717, 1.165) is 31.6 Å². The second kappa shape index (κ2) is 12.3. The number of ether oxygens (including phenoxy) is 3. The predicted octanol–water partition coefficient (Wildman–Crippen LogP) is 3.30. The van der Waals surface area contributed by atoms with Crippen LogP contribution in [0.25, 0.3) is 0 Å². The van der Waals surface area contributed by atoms with Crippen molar-refractivity contribution in [1.29, 1.82) is 0 Å². The van der Waals surface area contributed by atoms with Crippen LogP contribution < -0.4 is 5.32 Å². The third-order valence-electron chi connectivity index (χ3n) is 3.66. The lowest BCUT2D eigenvalue weighted by atomic mass is 10.1. The van der Waals surface area contributed by atoms with Gasteiger partial charge < -0.3 is 19.5 Å². The summed E-state index contributed by atoms with van der Waals surface area (Å²) in [6, 6.07) is 8.77. The van der Waals surface area contributed by atoms with E-state index < -0.39 is 18.1 Å². The van der Waals surface area contributed by atoms with E-state index in [-0.39, 0.29) is 6.61 Å². The minimum atomic E-state index is -0.615. The number of methoxy groups -OCH3 is 1. The molecule has 1 atom stereocenters. The van der Waals surface area contributed by atoms with Crippen molar-refractivity contribution < 1.29 is 23.8 Å². The molecule has 1 saturated carbocycles. The van der Waals surface area contributed by atoms with Crippen molar-refractivity contribution in [3.63, 3.8) is 0 Å². The van der Waals surface area contributed by atoms with Crippen LogP contribution in [0.1, 0.15) is 38.7 Å². The number of hydrogen-bond acceptors (Lipinski definition) is 5. The van der Waals surface area contributed by atoms with E-state index >= 15 is 0 Å². The van der Waals surface area contributed by atoms with Gasteiger partial charge in [0.15, 0.2) is 0 Å². The van der Waals surface area contributed by atoms with Crippen LogP contribution in [0.3, 0.4) is 0 Å². The molecule has 0 radical (unpaired) electrons. The molecule has 1 aromatic rings. The van der Waals surface area contributed by atoms with Crippen LogP contribution in [-0.4, -0.2) is 38.4 Å². The Kier molecular flexibility index (Phi) is 10.3. The van der Waals surface area contributed by atoms with Gasteiger partial charge in [-0.1, -0.05) is 43.2 Å². The maximum atomic E-state index is 11.7. The summed E-state index contributed by atoms with van der Waals surface area (Å²) in [5.41, 5.74) is 0.902. The standard InChI is InChI=1S/C15H19NO4.C4H10O/c1-19-14(17)13(9-11-7-8-11)16-15(18)20-10-12-5-3-2-4-6-12;1-3-5-4-2/h2-6,11,13H,7-10H2,1H3,(H,16,18);3-4H2,1-2H3. The third kappa shape index (κ3) is 9.72. The molecule has 1 aliphatic carbocycles. The minimum absolute atomic E-state index is 0.185. The highest BCUT2D eigenvalue weighted by atomic mass is 16.6. The van der Waals surface area contributed by atoms with Gasteiger partial charge >= 0.3 is 12.1 Å². The monoisotopic (exact) mass is 351 g/mol. The molecule has 1 unspecified atom stereocenters. The predicted molar refractivity (Wildman–Crippen MR) is 95.1 cm³/mol. The highest BCUT2D eigenvalue weighted by Crippen LogP contribution is 2.33. The van der Waals surface area contributed by atoms with E-state index in [2.05, 4.69) is 5.32 Å². The number of benzene rings is 1. The summed E-state index contributed by atoms with van der Waals surface area (Å²) < 4.78 is 14.6. The van der Waals surface area contributed by atoms with Crippen LogP contribution in [0.5, 0.6) is 0 Å². The number of esters is 1. The molecule has 6 nitrogen and oxygen atoms in total. The summed E-state index contributed by atoms with van der Waals surface area (Å²) in [7, 11) is 1.32. The van der Waals surface area contributed by atoms with E-state index in [1.54, 1.807) is 0 Å². The highest BCUT2D eigenvalue weighted by Gasteiger charge is 2.31. The van der Waals surface area contributed by atoms with Crippen LogP contribution in [0.2, 0.25) is 0 Å². The smallest absolute Gasteiger partial charge is 0.408 e.